The molecule has 2 heterocycles. The summed E-state index contributed by atoms with van der Waals surface area (Å²) in [7, 11) is -3.78. The molecule has 16 heavy (non-hydrogen) atoms. The number of aromatic nitrogens is 3. The summed E-state index contributed by atoms with van der Waals surface area (Å²) in [5.41, 5.74) is 0. The fraction of sp³-hybridized carbons (Fsp3) is 0. The second kappa shape index (κ2) is 3.89. The predicted octanol–water partition coefficient (Wildman–Crippen LogP) is 0.745. The van der Waals surface area contributed by atoms with Crippen LogP contribution in [0.5, 0.6) is 0 Å². The molecule has 2 rings (SSSR count). The van der Waals surface area contributed by atoms with E-state index in [2.05, 4.69) is 19.7 Å². The van der Waals surface area contributed by atoms with Crippen LogP contribution in [0, 0.1) is 5.95 Å². The van der Waals surface area contributed by atoms with Crippen LogP contribution in [0.25, 0.3) is 0 Å². The molecule has 2 aromatic rings. The molecule has 84 valence electrons. The lowest BCUT2D eigenvalue weighted by Gasteiger charge is -2.04. The quantitative estimate of drug-likeness (QED) is 0.777. The van der Waals surface area contributed by atoms with Gasteiger partial charge in [-0.1, -0.05) is 6.07 Å². The summed E-state index contributed by atoms with van der Waals surface area (Å²) in [6.07, 6.45) is 2.37. The second-order valence-electron chi connectivity index (χ2n) is 2.87. The van der Waals surface area contributed by atoms with Crippen LogP contribution >= 0.6 is 0 Å². The molecule has 0 saturated heterocycles. The topological polar surface area (TPSA) is 87.7 Å². The molecule has 0 atom stereocenters. The molecular formula is C8H7FN4O2S. The Morgan fingerprint density at radius 3 is 2.81 bits per heavy atom. The second-order valence-corrected chi connectivity index (χ2v) is 4.52. The molecule has 0 amide bonds. The lowest BCUT2D eigenvalue weighted by molar-refractivity contribution is 0.584. The number of halogens is 1. The Bertz CT molecular complexity index is 582. The fourth-order valence-electron chi connectivity index (χ4n) is 1.05. The van der Waals surface area contributed by atoms with Crippen molar-refractivity contribution in [2.24, 2.45) is 0 Å². The highest BCUT2D eigenvalue weighted by Gasteiger charge is 2.16. The van der Waals surface area contributed by atoms with E-state index < -0.39 is 16.0 Å². The first-order valence-electron chi connectivity index (χ1n) is 4.22. The summed E-state index contributed by atoms with van der Waals surface area (Å²) in [5.74, 6) is -0.848. The number of H-pyrrole nitrogens is 1. The van der Waals surface area contributed by atoms with Gasteiger partial charge in [0.15, 0.2) is 5.03 Å². The number of sulfonamides is 1. The summed E-state index contributed by atoms with van der Waals surface area (Å²) >= 11 is 0. The molecule has 6 nitrogen and oxygen atoms in total. The van der Waals surface area contributed by atoms with E-state index in [0.717, 1.165) is 12.3 Å². The molecule has 0 aliphatic rings. The van der Waals surface area contributed by atoms with Crippen LogP contribution in [-0.2, 0) is 10.0 Å². The van der Waals surface area contributed by atoms with E-state index in [1.807, 2.05) is 0 Å². The number of nitrogens with one attached hydrogen (secondary N) is 2. The Morgan fingerprint density at radius 1 is 1.38 bits per heavy atom. The van der Waals surface area contributed by atoms with Crippen molar-refractivity contribution in [1.82, 2.24) is 15.0 Å². The third-order valence-corrected chi connectivity index (χ3v) is 3.00. The van der Waals surface area contributed by atoms with Crippen LogP contribution in [0.3, 0.4) is 0 Å². The molecule has 0 spiro atoms. The summed E-state index contributed by atoms with van der Waals surface area (Å²) < 4.78 is 38.1. The fourth-order valence-corrected chi connectivity index (χ4v) is 1.95. The molecule has 0 bridgehead atoms. The van der Waals surface area contributed by atoms with Gasteiger partial charge >= 0.3 is 0 Å². The number of hydrogen-bond donors (Lipinski definition) is 2. The highest BCUT2D eigenvalue weighted by molar-refractivity contribution is 7.92. The lowest BCUT2D eigenvalue weighted by Crippen LogP contribution is -2.14. The van der Waals surface area contributed by atoms with E-state index in [0.29, 0.717) is 0 Å². The third-order valence-electron chi connectivity index (χ3n) is 1.72. The number of imidazole rings is 1. The highest BCUT2D eigenvalue weighted by Crippen LogP contribution is 2.11. The lowest BCUT2D eigenvalue weighted by atomic mass is 10.5. The van der Waals surface area contributed by atoms with Gasteiger partial charge in [0, 0.05) is 0 Å². The molecule has 0 saturated carbocycles. The maximum atomic E-state index is 12.7. The van der Waals surface area contributed by atoms with Crippen molar-refractivity contribution >= 4 is 15.8 Å². The SMILES string of the molecule is O=S(=O)(Nc1cccc(F)n1)c1cnc[nH]1. The van der Waals surface area contributed by atoms with Crippen molar-refractivity contribution in [3.8, 4) is 0 Å². The van der Waals surface area contributed by atoms with Gasteiger partial charge in [-0.25, -0.2) is 9.97 Å². The van der Waals surface area contributed by atoms with E-state index >= 15 is 0 Å². The van der Waals surface area contributed by atoms with Crippen LogP contribution in [0.2, 0.25) is 0 Å². The number of pyridine rings is 1. The first-order chi connectivity index (χ1) is 7.58. The molecule has 0 aromatic carbocycles. The average molecular weight is 242 g/mol. The van der Waals surface area contributed by atoms with Gasteiger partial charge in [0.05, 0.1) is 12.5 Å². The molecule has 2 N–H and O–H groups in total. The van der Waals surface area contributed by atoms with E-state index in [4.69, 9.17) is 0 Å². The van der Waals surface area contributed by atoms with Crippen molar-refractivity contribution in [1.29, 1.82) is 0 Å². The smallest absolute Gasteiger partial charge is 0.280 e. The van der Waals surface area contributed by atoms with Crippen LogP contribution in [0.4, 0.5) is 10.2 Å². The molecule has 0 fully saturated rings. The standard InChI is InChI=1S/C8H7FN4O2S/c9-6-2-1-3-7(12-6)13-16(14,15)8-4-10-5-11-8/h1-5H,(H,10,11)(H,12,13). The van der Waals surface area contributed by atoms with Gasteiger partial charge in [-0.15, -0.1) is 0 Å². The van der Waals surface area contributed by atoms with Gasteiger partial charge < -0.3 is 4.98 Å². The third kappa shape index (κ3) is 2.16. The number of hydrogen-bond acceptors (Lipinski definition) is 4. The van der Waals surface area contributed by atoms with Gasteiger partial charge in [0.2, 0.25) is 5.95 Å². The first kappa shape index (κ1) is 10.6. The Balaban J connectivity index is 2.29. The Hall–Kier alpha value is -1.96. The zero-order valence-corrected chi connectivity index (χ0v) is 8.70. The van der Waals surface area contributed by atoms with Gasteiger partial charge in [-0.3, -0.25) is 4.72 Å². The van der Waals surface area contributed by atoms with Gasteiger partial charge in [0.25, 0.3) is 10.0 Å². The van der Waals surface area contributed by atoms with Crippen LogP contribution < -0.4 is 4.72 Å². The van der Waals surface area contributed by atoms with Crippen LogP contribution in [0.15, 0.2) is 35.7 Å². The predicted molar refractivity (Wildman–Crippen MR) is 53.6 cm³/mol. The Morgan fingerprint density at radius 2 is 2.19 bits per heavy atom. The van der Waals surface area contributed by atoms with E-state index in [1.54, 1.807) is 0 Å². The number of rotatable bonds is 3. The average Bonchev–Trinajstić information content (AvgIpc) is 2.69. The van der Waals surface area contributed by atoms with E-state index in [9.17, 15) is 12.8 Å². The maximum absolute atomic E-state index is 12.7. The minimum absolute atomic E-state index is 0.0883. The summed E-state index contributed by atoms with van der Waals surface area (Å²) in [5, 5.41) is -0.112. The largest absolute Gasteiger partial charge is 0.334 e. The molecule has 0 unspecified atom stereocenters. The van der Waals surface area contributed by atoms with Crippen molar-refractivity contribution < 1.29 is 12.8 Å². The summed E-state index contributed by atoms with van der Waals surface area (Å²) in [6, 6.07) is 3.82. The van der Waals surface area contributed by atoms with Gasteiger partial charge in [-0.2, -0.15) is 12.8 Å². The normalized spacial score (nSPS) is 11.3. The zero-order valence-electron chi connectivity index (χ0n) is 7.88. The van der Waals surface area contributed by atoms with Crippen LogP contribution in [0.1, 0.15) is 0 Å². The van der Waals surface area contributed by atoms with Crippen LogP contribution in [-0.4, -0.2) is 23.4 Å². The molecule has 2 aromatic heterocycles. The van der Waals surface area contributed by atoms with Crippen molar-refractivity contribution in [3.05, 3.63) is 36.7 Å². The van der Waals surface area contributed by atoms with Gasteiger partial charge in [0.1, 0.15) is 5.82 Å². The molecular weight excluding hydrogens is 235 g/mol. The van der Waals surface area contributed by atoms with Gasteiger partial charge in [-0.05, 0) is 12.1 Å². The number of anilines is 1. The molecule has 0 aliphatic carbocycles. The number of nitrogens with zero attached hydrogens (tertiary/aromatic N) is 2. The molecule has 0 aliphatic heterocycles. The Labute approximate surface area is 90.6 Å². The van der Waals surface area contributed by atoms with E-state index in [1.165, 1.54) is 18.5 Å². The molecule has 8 heteroatoms. The minimum atomic E-state index is -3.78. The van der Waals surface area contributed by atoms with E-state index in [-0.39, 0.29) is 10.8 Å². The number of aromatic amines is 1. The Kier molecular flexibility index (Phi) is 2.57. The zero-order chi connectivity index (χ0) is 11.6. The first-order valence-corrected chi connectivity index (χ1v) is 5.70. The maximum Gasteiger partial charge on any atom is 0.280 e. The summed E-state index contributed by atoms with van der Waals surface area (Å²) in [4.78, 5) is 9.38. The highest BCUT2D eigenvalue weighted by atomic mass is 32.2. The minimum Gasteiger partial charge on any atom is -0.334 e. The molecule has 0 radical (unpaired) electrons. The summed E-state index contributed by atoms with van der Waals surface area (Å²) in [6.45, 7) is 0. The van der Waals surface area contributed by atoms with Crippen molar-refractivity contribution in [3.63, 3.8) is 0 Å². The monoisotopic (exact) mass is 242 g/mol. The van der Waals surface area contributed by atoms with Crippen molar-refractivity contribution in [2.45, 2.75) is 5.03 Å². The van der Waals surface area contributed by atoms with Crippen molar-refractivity contribution in [2.75, 3.05) is 4.72 Å².